The van der Waals surface area contributed by atoms with E-state index in [1.165, 1.54) is 4.90 Å². The third-order valence-electron chi connectivity index (χ3n) is 4.26. The lowest BCUT2D eigenvalue weighted by molar-refractivity contribution is -0.142. The highest BCUT2D eigenvalue weighted by Crippen LogP contribution is 2.25. The van der Waals surface area contributed by atoms with Crippen LogP contribution in [0, 0.1) is 0 Å². The molecule has 0 aliphatic rings. The van der Waals surface area contributed by atoms with E-state index in [4.69, 9.17) is 39.5 Å². The van der Waals surface area contributed by atoms with Crippen molar-refractivity contribution in [3.05, 3.63) is 63.1 Å². The molecule has 0 spiro atoms. The third kappa shape index (κ3) is 6.53. The molecular formula is C21H23Cl3N2O3. The summed E-state index contributed by atoms with van der Waals surface area (Å²) in [5, 5.41) is 4.00. The maximum absolute atomic E-state index is 13.0. The Labute approximate surface area is 185 Å². The average Bonchev–Trinajstić information content (AvgIpc) is 2.70. The average molecular weight is 458 g/mol. The van der Waals surface area contributed by atoms with E-state index in [1.807, 2.05) is 13.8 Å². The van der Waals surface area contributed by atoms with Crippen LogP contribution in [-0.4, -0.2) is 35.9 Å². The lowest BCUT2D eigenvalue weighted by Gasteiger charge is -2.30. The number of amides is 2. The molecule has 1 atom stereocenters. The molecule has 0 aliphatic heterocycles. The molecule has 2 aromatic carbocycles. The summed E-state index contributed by atoms with van der Waals surface area (Å²) in [4.78, 5) is 27.0. The number of hydrogen-bond acceptors (Lipinski definition) is 3. The van der Waals surface area contributed by atoms with Crippen molar-refractivity contribution in [1.29, 1.82) is 0 Å². The lowest BCUT2D eigenvalue weighted by atomic mass is 10.1. The number of rotatable bonds is 9. The summed E-state index contributed by atoms with van der Waals surface area (Å²) < 4.78 is 5.59. The van der Waals surface area contributed by atoms with Crippen LogP contribution in [0.15, 0.2) is 42.5 Å². The Bertz CT molecular complexity index is 861. The number of halogens is 3. The van der Waals surface area contributed by atoms with Crippen molar-refractivity contribution in [1.82, 2.24) is 10.2 Å². The van der Waals surface area contributed by atoms with E-state index in [2.05, 4.69) is 5.32 Å². The van der Waals surface area contributed by atoms with E-state index in [0.29, 0.717) is 33.8 Å². The van der Waals surface area contributed by atoms with Crippen molar-refractivity contribution in [2.24, 2.45) is 0 Å². The predicted molar refractivity (Wildman–Crippen MR) is 117 cm³/mol. The van der Waals surface area contributed by atoms with Gasteiger partial charge in [-0.15, -0.1) is 0 Å². The number of carbonyl (C=O) groups is 2. The molecule has 0 saturated carbocycles. The first kappa shape index (κ1) is 23.3. The summed E-state index contributed by atoms with van der Waals surface area (Å²) in [7, 11) is 0. The Morgan fingerprint density at radius 2 is 1.76 bits per heavy atom. The standard InChI is InChI=1S/C21H23Cl3N2O3/c1-3-18(21(28)25-4-2)26(12-14-9-10-15(22)17(24)11-14)20(27)13-29-19-8-6-5-7-16(19)23/h5-11,18H,3-4,12-13H2,1-2H3,(H,25,28)/t18-/m1/s1. The molecule has 2 aromatic rings. The van der Waals surface area contributed by atoms with Crippen LogP contribution in [0.5, 0.6) is 5.75 Å². The van der Waals surface area contributed by atoms with E-state index in [-0.39, 0.29) is 25.0 Å². The van der Waals surface area contributed by atoms with Crippen LogP contribution in [0.4, 0.5) is 0 Å². The highest BCUT2D eigenvalue weighted by atomic mass is 35.5. The first-order valence-corrected chi connectivity index (χ1v) is 10.4. The van der Waals surface area contributed by atoms with E-state index in [1.54, 1.807) is 42.5 Å². The highest BCUT2D eigenvalue weighted by Gasteiger charge is 2.28. The molecule has 0 aromatic heterocycles. The molecule has 156 valence electrons. The first-order valence-electron chi connectivity index (χ1n) is 9.25. The molecule has 0 heterocycles. The smallest absolute Gasteiger partial charge is 0.261 e. The largest absolute Gasteiger partial charge is 0.482 e. The first-order chi connectivity index (χ1) is 13.9. The summed E-state index contributed by atoms with van der Waals surface area (Å²) >= 11 is 18.2. The number of likely N-dealkylation sites (N-methyl/N-ethyl adjacent to an activating group) is 1. The summed E-state index contributed by atoms with van der Waals surface area (Å²) in [5.41, 5.74) is 0.758. The molecule has 0 radical (unpaired) electrons. The molecule has 29 heavy (non-hydrogen) atoms. The number of benzene rings is 2. The number of nitrogens with zero attached hydrogens (tertiary/aromatic N) is 1. The Kier molecular flexibility index (Phi) is 9.08. The molecule has 5 nitrogen and oxygen atoms in total. The molecule has 1 N–H and O–H groups in total. The zero-order valence-corrected chi connectivity index (χ0v) is 18.5. The topological polar surface area (TPSA) is 58.6 Å². The molecule has 0 unspecified atom stereocenters. The van der Waals surface area contributed by atoms with Gasteiger partial charge in [-0.1, -0.05) is 59.9 Å². The second kappa shape index (κ2) is 11.3. The second-order valence-electron chi connectivity index (χ2n) is 6.31. The van der Waals surface area contributed by atoms with Crippen molar-refractivity contribution in [2.45, 2.75) is 32.9 Å². The molecule has 8 heteroatoms. The molecule has 0 saturated heterocycles. The minimum Gasteiger partial charge on any atom is -0.482 e. The van der Waals surface area contributed by atoms with Gasteiger partial charge in [0.2, 0.25) is 5.91 Å². The zero-order chi connectivity index (χ0) is 21.4. The number of carbonyl (C=O) groups excluding carboxylic acids is 2. The van der Waals surface area contributed by atoms with Crippen LogP contribution in [0.3, 0.4) is 0 Å². The Hall–Kier alpha value is -1.95. The summed E-state index contributed by atoms with van der Waals surface area (Å²) in [6, 6.07) is 11.4. The van der Waals surface area contributed by atoms with Crippen molar-refractivity contribution in [3.63, 3.8) is 0 Å². The monoisotopic (exact) mass is 456 g/mol. The molecule has 2 amide bonds. The van der Waals surface area contributed by atoms with Gasteiger partial charge in [-0.3, -0.25) is 9.59 Å². The molecular weight excluding hydrogens is 435 g/mol. The summed E-state index contributed by atoms with van der Waals surface area (Å²) in [6.45, 7) is 4.10. The van der Waals surface area contributed by atoms with Gasteiger partial charge in [-0.05, 0) is 43.2 Å². The SMILES string of the molecule is CCNC(=O)[C@@H](CC)N(Cc1ccc(Cl)c(Cl)c1)C(=O)COc1ccccc1Cl. The Morgan fingerprint density at radius 1 is 1.03 bits per heavy atom. The fraction of sp³-hybridized carbons (Fsp3) is 0.333. The maximum atomic E-state index is 13.0. The number of ether oxygens (including phenoxy) is 1. The van der Waals surface area contributed by atoms with Crippen LogP contribution >= 0.6 is 34.8 Å². The van der Waals surface area contributed by atoms with Gasteiger partial charge in [-0.25, -0.2) is 0 Å². The van der Waals surface area contributed by atoms with Gasteiger partial charge in [0.1, 0.15) is 11.8 Å². The van der Waals surface area contributed by atoms with Crippen molar-refractivity contribution in [3.8, 4) is 5.75 Å². The molecule has 0 fully saturated rings. The highest BCUT2D eigenvalue weighted by molar-refractivity contribution is 6.42. The Balaban J connectivity index is 2.24. The quantitative estimate of drug-likeness (QED) is 0.578. The van der Waals surface area contributed by atoms with Gasteiger partial charge in [-0.2, -0.15) is 0 Å². The zero-order valence-electron chi connectivity index (χ0n) is 16.3. The molecule has 0 bridgehead atoms. The summed E-state index contributed by atoms with van der Waals surface area (Å²) in [6.07, 6.45) is 0.449. The normalized spacial score (nSPS) is 11.6. The van der Waals surface area contributed by atoms with Gasteiger partial charge in [0, 0.05) is 13.1 Å². The van der Waals surface area contributed by atoms with E-state index < -0.39 is 6.04 Å². The van der Waals surface area contributed by atoms with Crippen LogP contribution in [-0.2, 0) is 16.1 Å². The van der Waals surface area contributed by atoms with Crippen molar-refractivity contribution < 1.29 is 14.3 Å². The minimum absolute atomic E-state index is 0.192. The van der Waals surface area contributed by atoms with Gasteiger partial charge in [0.25, 0.3) is 5.91 Å². The fourth-order valence-corrected chi connectivity index (χ4v) is 3.34. The molecule has 2 rings (SSSR count). The number of para-hydroxylation sites is 1. The van der Waals surface area contributed by atoms with Gasteiger partial charge >= 0.3 is 0 Å². The second-order valence-corrected chi connectivity index (χ2v) is 7.53. The fourth-order valence-electron chi connectivity index (χ4n) is 2.83. The minimum atomic E-state index is -0.647. The lowest BCUT2D eigenvalue weighted by Crippen LogP contribution is -2.50. The van der Waals surface area contributed by atoms with Gasteiger partial charge in [0.05, 0.1) is 15.1 Å². The van der Waals surface area contributed by atoms with Crippen molar-refractivity contribution in [2.75, 3.05) is 13.2 Å². The van der Waals surface area contributed by atoms with E-state index in [9.17, 15) is 9.59 Å². The maximum Gasteiger partial charge on any atom is 0.261 e. The van der Waals surface area contributed by atoms with Crippen LogP contribution in [0.2, 0.25) is 15.1 Å². The van der Waals surface area contributed by atoms with Gasteiger partial charge < -0.3 is 15.0 Å². The molecule has 0 aliphatic carbocycles. The van der Waals surface area contributed by atoms with Crippen molar-refractivity contribution >= 4 is 46.6 Å². The number of hydrogen-bond donors (Lipinski definition) is 1. The van der Waals surface area contributed by atoms with Crippen LogP contribution in [0.25, 0.3) is 0 Å². The number of nitrogens with one attached hydrogen (secondary N) is 1. The van der Waals surface area contributed by atoms with E-state index in [0.717, 1.165) is 5.56 Å². The van der Waals surface area contributed by atoms with Crippen LogP contribution in [0.1, 0.15) is 25.8 Å². The Morgan fingerprint density at radius 3 is 2.38 bits per heavy atom. The van der Waals surface area contributed by atoms with Crippen LogP contribution < -0.4 is 10.1 Å². The third-order valence-corrected chi connectivity index (χ3v) is 5.31. The summed E-state index contributed by atoms with van der Waals surface area (Å²) in [5.74, 6) is -0.154. The van der Waals surface area contributed by atoms with E-state index >= 15 is 0 Å². The predicted octanol–water partition coefficient (Wildman–Crippen LogP) is 4.97. The van der Waals surface area contributed by atoms with Gasteiger partial charge in [0.15, 0.2) is 6.61 Å².